The Kier molecular flexibility index (Phi) is 6.18. The predicted molar refractivity (Wildman–Crippen MR) is 135 cm³/mol. The van der Waals surface area contributed by atoms with E-state index in [1.54, 1.807) is 12.1 Å². The van der Waals surface area contributed by atoms with E-state index in [1.165, 1.54) is 24.4 Å². The molecule has 10 nitrogen and oxygen atoms in total. The van der Waals surface area contributed by atoms with Gasteiger partial charge in [-0.2, -0.15) is 0 Å². The van der Waals surface area contributed by atoms with Crippen LogP contribution >= 0.6 is 0 Å². The van der Waals surface area contributed by atoms with E-state index in [-0.39, 0.29) is 46.1 Å². The van der Waals surface area contributed by atoms with Crippen molar-refractivity contribution < 1.29 is 27.4 Å². The van der Waals surface area contributed by atoms with Crippen LogP contribution in [-0.4, -0.2) is 43.2 Å². The molecule has 2 aromatic heterocycles. The number of benzene rings is 1. The van der Waals surface area contributed by atoms with Crippen molar-refractivity contribution in [1.29, 1.82) is 0 Å². The number of aromatic nitrogens is 2. The molecule has 0 saturated carbocycles. The molecule has 1 atom stereocenters. The zero-order valence-corrected chi connectivity index (χ0v) is 21.6. The number of amides is 1. The summed E-state index contributed by atoms with van der Waals surface area (Å²) >= 11 is 0. The Morgan fingerprint density at radius 2 is 1.97 bits per heavy atom. The molecule has 5 rings (SSSR count). The molecule has 0 aliphatic carbocycles. The van der Waals surface area contributed by atoms with Gasteiger partial charge in [0.05, 0.1) is 4.90 Å². The van der Waals surface area contributed by atoms with Gasteiger partial charge in [-0.1, -0.05) is 25.1 Å². The molecule has 1 amide bonds. The first-order valence-electron chi connectivity index (χ1n) is 11.9. The fourth-order valence-electron chi connectivity index (χ4n) is 5.05. The first-order chi connectivity index (χ1) is 17.6. The number of carbonyl (C=O) groups is 1. The summed E-state index contributed by atoms with van der Waals surface area (Å²) in [7, 11) is -4.24. The lowest BCUT2D eigenvalue weighted by Gasteiger charge is -2.33. The molecule has 2 N–H and O–H groups in total. The molecule has 1 fully saturated rings. The van der Waals surface area contributed by atoms with Crippen LogP contribution in [0.4, 0.5) is 5.82 Å². The number of ether oxygens (including phenoxy) is 3. The molecule has 194 valence electrons. The highest BCUT2D eigenvalue weighted by molar-refractivity contribution is 7.91. The first-order valence-corrected chi connectivity index (χ1v) is 13.3. The van der Waals surface area contributed by atoms with Crippen LogP contribution in [0.1, 0.15) is 43.1 Å². The Morgan fingerprint density at radius 3 is 2.70 bits per heavy atom. The van der Waals surface area contributed by atoms with E-state index in [2.05, 4.69) is 16.9 Å². The highest BCUT2D eigenvalue weighted by Crippen LogP contribution is 2.39. The van der Waals surface area contributed by atoms with Gasteiger partial charge in [0.25, 0.3) is 5.91 Å². The van der Waals surface area contributed by atoms with Gasteiger partial charge in [0.2, 0.25) is 22.5 Å². The molecule has 1 aromatic carbocycles. The number of fused-ring (bicyclic) bond motifs is 1. The smallest absolute Gasteiger partial charge is 0.253 e. The van der Waals surface area contributed by atoms with E-state index >= 15 is 0 Å². The Hall–Kier alpha value is -3.86. The quantitative estimate of drug-likeness (QED) is 0.494. The van der Waals surface area contributed by atoms with Crippen molar-refractivity contribution in [3.8, 4) is 17.4 Å². The Bertz CT molecular complexity index is 1470. The minimum Gasteiger partial charge on any atom is -0.473 e. The van der Waals surface area contributed by atoms with Crippen LogP contribution in [0.2, 0.25) is 0 Å². The van der Waals surface area contributed by atoms with Crippen molar-refractivity contribution in [2.24, 2.45) is 11.7 Å². The van der Waals surface area contributed by atoms with Crippen LogP contribution in [0, 0.1) is 5.92 Å². The van der Waals surface area contributed by atoms with Gasteiger partial charge in [-0.15, -0.1) is 0 Å². The highest BCUT2D eigenvalue weighted by Gasteiger charge is 2.40. The summed E-state index contributed by atoms with van der Waals surface area (Å²) in [6.07, 6.45) is 2.25. The van der Waals surface area contributed by atoms with Crippen molar-refractivity contribution >= 4 is 21.6 Å². The van der Waals surface area contributed by atoms with Gasteiger partial charge in [0.1, 0.15) is 18.0 Å². The van der Waals surface area contributed by atoms with Crippen LogP contribution in [0.15, 0.2) is 58.6 Å². The number of anilines is 1. The summed E-state index contributed by atoms with van der Waals surface area (Å²) in [5.74, 6) is 1.03. The third-order valence-corrected chi connectivity index (χ3v) is 8.28. The number of sulfone groups is 1. The fourth-order valence-corrected chi connectivity index (χ4v) is 6.44. The van der Waals surface area contributed by atoms with E-state index < -0.39 is 15.7 Å². The van der Waals surface area contributed by atoms with Crippen molar-refractivity contribution in [2.75, 3.05) is 18.2 Å². The molecule has 2 aliphatic rings. The summed E-state index contributed by atoms with van der Waals surface area (Å²) < 4.78 is 44.1. The van der Waals surface area contributed by atoms with Crippen LogP contribution in [0.25, 0.3) is 0 Å². The molecule has 0 bridgehead atoms. The summed E-state index contributed by atoms with van der Waals surface area (Å²) in [5.41, 5.74) is 6.00. The molecule has 2 aliphatic heterocycles. The zero-order valence-electron chi connectivity index (χ0n) is 20.8. The standard InChI is InChI=1S/C26H28N4O6S/c1-16-12-26(2,3)30(13-16)25-22(24(27)31)19(10-11-28-25)37(32,33)21-9-5-8-20(29-21)34-14-17-6-4-7-18-23(17)36-15-35-18/h4-11,16H,12-15H2,1-3H3,(H2,27,31). The van der Waals surface area contributed by atoms with Gasteiger partial charge < -0.3 is 24.8 Å². The summed E-state index contributed by atoms with van der Waals surface area (Å²) in [6.45, 7) is 7.02. The Balaban J connectivity index is 1.48. The minimum absolute atomic E-state index is 0.0944. The normalized spacial score (nSPS) is 18.1. The molecule has 4 heterocycles. The summed E-state index contributed by atoms with van der Waals surface area (Å²) in [4.78, 5) is 22.9. The SMILES string of the molecule is CC1CN(c2nccc(S(=O)(=O)c3cccc(OCc4cccc5c4OCO5)n3)c2C(N)=O)C(C)(C)C1. The van der Waals surface area contributed by atoms with Crippen LogP contribution < -0.4 is 24.8 Å². The number of pyridine rings is 2. The maximum Gasteiger partial charge on any atom is 0.253 e. The van der Waals surface area contributed by atoms with E-state index in [9.17, 15) is 13.2 Å². The molecule has 11 heteroatoms. The number of hydrogen-bond donors (Lipinski definition) is 1. The molecule has 3 aromatic rings. The van der Waals surface area contributed by atoms with E-state index in [0.717, 1.165) is 12.0 Å². The lowest BCUT2D eigenvalue weighted by molar-refractivity contribution is 0.0997. The monoisotopic (exact) mass is 524 g/mol. The Morgan fingerprint density at radius 1 is 1.19 bits per heavy atom. The van der Waals surface area contributed by atoms with Gasteiger partial charge in [-0.3, -0.25) is 4.79 Å². The van der Waals surface area contributed by atoms with Gasteiger partial charge in [0.15, 0.2) is 16.5 Å². The van der Waals surface area contributed by atoms with Crippen molar-refractivity contribution in [3.63, 3.8) is 0 Å². The molecule has 1 saturated heterocycles. The van der Waals surface area contributed by atoms with Crippen LogP contribution in [-0.2, 0) is 16.4 Å². The number of hydrogen-bond acceptors (Lipinski definition) is 9. The van der Waals surface area contributed by atoms with Gasteiger partial charge in [-0.25, -0.2) is 18.4 Å². The minimum atomic E-state index is -4.24. The fraction of sp³-hybridized carbons (Fsp3) is 0.346. The number of primary amides is 1. The third-order valence-electron chi connectivity index (χ3n) is 6.58. The second kappa shape index (κ2) is 9.22. The van der Waals surface area contributed by atoms with Gasteiger partial charge in [0, 0.05) is 29.9 Å². The van der Waals surface area contributed by atoms with Crippen molar-refractivity contribution in [1.82, 2.24) is 9.97 Å². The molecule has 0 spiro atoms. The van der Waals surface area contributed by atoms with Crippen LogP contribution in [0.3, 0.4) is 0 Å². The van der Waals surface area contributed by atoms with E-state index in [0.29, 0.717) is 24.0 Å². The zero-order chi connectivity index (χ0) is 26.4. The number of nitrogens with zero attached hydrogens (tertiary/aromatic N) is 3. The maximum absolute atomic E-state index is 13.7. The van der Waals surface area contributed by atoms with Crippen molar-refractivity contribution in [3.05, 3.63) is 59.8 Å². The van der Waals surface area contributed by atoms with Gasteiger partial charge in [-0.05, 0) is 44.4 Å². The highest BCUT2D eigenvalue weighted by atomic mass is 32.2. The number of carbonyl (C=O) groups excluding carboxylic acids is 1. The number of para-hydroxylation sites is 1. The maximum atomic E-state index is 13.7. The topological polar surface area (TPSA) is 134 Å². The van der Waals surface area contributed by atoms with E-state index in [4.69, 9.17) is 19.9 Å². The van der Waals surface area contributed by atoms with Gasteiger partial charge >= 0.3 is 0 Å². The second-order valence-electron chi connectivity index (χ2n) is 9.86. The lowest BCUT2D eigenvalue weighted by Crippen LogP contribution is -2.40. The number of nitrogens with two attached hydrogens (primary N) is 1. The first kappa shape index (κ1) is 24.8. The molecule has 37 heavy (non-hydrogen) atoms. The molecular weight excluding hydrogens is 496 g/mol. The summed E-state index contributed by atoms with van der Waals surface area (Å²) in [6, 6.07) is 11.2. The average molecular weight is 525 g/mol. The predicted octanol–water partition coefficient (Wildman–Crippen LogP) is 3.34. The second-order valence-corrected chi connectivity index (χ2v) is 11.7. The largest absolute Gasteiger partial charge is 0.473 e. The van der Waals surface area contributed by atoms with Crippen molar-refractivity contribution in [2.45, 2.75) is 49.3 Å². The average Bonchev–Trinajstić information content (AvgIpc) is 3.45. The number of rotatable bonds is 7. The van der Waals surface area contributed by atoms with E-state index in [1.807, 2.05) is 30.9 Å². The molecular formula is C26H28N4O6S. The summed E-state index contributed by atoms with van der Waals surface area (Å²) in [5, 5.41) is -0.267. The molecule has 0 radical (unpaired) electrons. The lowest BCUT2D eigenvalue weighted by atomic mass is 9.97. The third kappa shape index (κ3) is 4.55. The Labute approximate surface area is 215 Å². The molecule has 1 unspecified atom stereocenters. The van der Waals surface area contributed by atoms with Crippen LogP contribution in [0.5, 0.6) is 17.4 Å².